The van der Waals surface area contributed by atoms with Crippen LogP contribution >= 0.6 is 38.5 Å². The lowest BCUT2D eigenvalue weighted by molar-refractivity contribution is 0.0589. The molecule has 0 aliphatic carbocycles. The second kappa shape index (κ2) is 7.52. The van der Waals surface area contributed by atoms with Gasteiger partial charge in [-0.3, -0.25) is 0 Å². The maximum atomic E-state index is 11.0. The van der Waals surface area contributed by atoms with E-state index in [0.29, 0.717) is 0 Å². The van der Waals surface area contributed by atoms with Crippen molar-refractivity contribution >= 4 is 44.7 Å². The molecule has 0 N–H and O–H groups in total. The van der Waals surface area contributed by atoms with Crippen molar-refractivity contribution in [2.45, 2.75) is 6.61 Å². The summed E-state index contributed by atoms with van der Waals surface area (Å²) in [7, 11) is 0. The molecule has 0 amide bonds. The summed E-state index contributed by atoms with van der Waals surface area (Å²) in [5, 5.41) is 0. The fraction of sp³-hybridized carbons (Fsp3) is 0.182. The minimum absolute atomic E-state index is 0.0576. The summed E-state index contributed by atoms with van der Waals surface area (Å²) < 4.78 is 13.1. The normalized spacial score (nSPS) is 8.88. The van der Waals surface area contributed by atoms with E-state index < -0.39 is 6.16 Å². The van der Waals surface area contributed by atoms with E-state index in [1.165, 1.54) is 0 Å². The first-order chi connectivity index (χ1) is 7.72. The second-order valence-electron chi connectivity index (χ2n) is 2.73. The highest BCUT2D eigenvalue weighted by atomic mass is 127. The average molecular weight is 395 g/mol. The molecule has 0 spiro atoms. The van der Waals surface area contributed by atoms with E-state index in [2.05, 4.69) is 30.5 Å². The van der Waals surface area contributed by atoms with Crippen molar-refractivity contribution < 1.29 is 14.3 Å². The number of hydrogen-bond donors (Lipinski definition) is 0. The SMILES string of the molecule is O=C(OCC#CI)OCc1ccc(Br)cc1. The molecule has 5 heteroatoms. The molecule has 16 heavy (non-hydrogen) atoms. The van der Waals surface area contributed by atoms with Gasteiger partial charge in [0, 0.05) is 27.1 Å². The van der Waals surface area contributed by atoms with E-state index in [9.17, 15) is 4.79 Å². The Morgan fingerprint density at radius 1 is 1.31 bits per heavy atom. The number of carbonyl (C=O) groups is 1. The summed E-state index contributed by atoms with van der Waals surface area (Å²) in [6, 6.07) is 7.49. The molecule has 0 saturated carbocycles. The summed E-state index contributed by atoms with van der Waals surface area (Å²) in [6.45, 7) is 0.256. The number of ether oxygens (including phenoxy) is 2. The van der Waals surface area contributed by atoms with Gasteiger partial charge in [-0.25, -0.2) is 4.79 Å². The summed E-state index contributed by atoms with van der Waals surface area (Å²) in [4.78, 5) is 11.0. The number of rotatable bonds is 3. The van der Waals surface area contributed by atoms with Gasteiger partial charge in [-0.05, 0) is 21.6 Å². The molecule has 0 radical (unpaired) electrons. The molecule has 0 atom stereocenters. The third kappa shape index (κ3) is 5.37. The predicted molar refractivity (Wildman–Crippen MR) is 72.1 cm³/mol. The molecule has 0 aliphatic rings. The van der Waals surface area contributed by atoms with E-state index in [0.717, 1.165) is 10.0 Å². The highest BCUT2D eigenvalue weighted by Gasteiger charge is 2.02. The highest BCUT2D eigenvalue weighted by Crippen LogP contribution is 2.11. The molecule has 1 aromatic rings. The van der Waals surface area contributed by atoms with Crippen molar-refractivity contribution in [1.29, 1.82) is 0 Å². The first-order valence-electron chi connectivity index (χ1n) is 4.35. The van der Waals surface area contributed by atoms with Crippen molar-refractivity contribution in [3.8, 4) is 9.85 Å². The van der Waals surface area contributed by atoms with Crippen LogP contribution in [0.5, 0.6) is 0 Å². The molecule has 1 aromatic carbocycles. The first-order valence-corrected chi connectivity index (χ1v) is 6.22. The van der Waals surface area contributed by atoms with Crippen LogP contribution < -0.4 is 0 Å². The van der Waals surface area contributed by atoms with E-state index in [4.69, 9.17) is 4.74 Å². The molecule has 0 fully saturated rings. The molecule has 0 unspecified atom stereocenters. The van der Waals surface area contributed by atoms with Crippen molar-refractivity contribution in [1.82, 2.24) is 0 Å². The smallest absolute Gasteiger partial charge is 0.429 e. The molecule has 0 heterocycles. The van der Waals surface area contributed by atoms with Gasteiger partial charge < -0.3 is 9.47 Å². The Bertz CT molecular complexity index is 405. The zero-order valence-electron chi connectivity index (χ0n) is 8.20. The molecule has 84 valence electrons. The lowest BCUT2D eigenvalue weighted by Crippen LogP contribution is -2.07. The largest absolute Gasteiger partial charge is 0.509 e. The number of carbonyl (C=O) groups excluding carboxylic acids is 1. The van der Waals surface area contributed by atoms with Crippen LogP contribution in [0.1, 0.15) is 5.56 Å². The van der Waals surface area contributed by atoms with Gasteiger partial charge in [0.15, 0.2) is 6.61 Å². The zero-order valence-corrected chi connectivity index (χ0v) is 11.9. The molecule has 3 nitrogen and oxygen atoms in total. The fourth-order valence-corrected chi connectivity index (χ4v) is 1.31. The molecule has 0 bridgehead atoms. The monoisotopic (exact) mass is 394 g/mol. The van der Waals surface area contributed by atoms with Crippen molar-refractivity contribution in [2.24, 2.45) is 0 Å². The Morgan fingerprint density at radius 3 is 2.62 bits per heavy atom. The van der Waals surface area contributed by atoms with Crippen molar-refractivity contribution in [2.75, 3.05) is 6.61 Å². The van der Waals surface area contributed by atoms with Crippen molar-refractivity contribution in [3.63, 3.8) is 0 Å². The molecule has 1 rings (SSSR count). The van der Waals surface area contributed by atoms with Gasteiger partial charge in [0.1, 0.15) is 6.61 Å². The van der Waals surface area contributed by atoms with E-state index in [1.807, 2.05) is 46.9 Å². The van der Waals surface area contributed by atoms with Crippen LogP contribution in [0.2, 0.25) is 0 Å². The van der Waals surface area contributed by atoms with E-state index >= 15 is 0 Å². The fourth-order valence-electron chi connectivity index (χ4n) is 0.887. The van der Waals surface area contributed by atoms with Crippen LogP contribution in [-0.2, 0) is 16.1 Å². The third-order valence-corrected chi connectivity index (χ3v) is 2.51. The van der Waals surface area contributed by atoms with Gasteiger partial charge in [-0.2, -0.15) is 0 Å². The Balaban J connectivity index is 2.30. The van der Waals surface area contributed by atoms with Crippen LogP contribution in [0.4, 0.5) is 4.79 Å². The first kappa shape index (κ1) is 13.3. The van der Waals surface area contributed by atoms with Gasteiger partial charge in [0.25, 0.3) is 0 Å². The summed E-state index contributed by atoms with van der Waals surface area (Å²) in [5.41, 5.74) is 0.903. The number of benzene rings is 1. The maximum absolute atomic E-state index is 11.0. The van der Waals surface area contributed by atoms with E-state index in [-0.39, 0.29) is 13.2 Å². The Kier molecular flexibility index (Phi) is 6.26. The standard InChI is InChI=1S/C11H8BrIO3/c12-10-4-2-9(3-5-10)8-16-11(14)15-7-1-6-13/h2-5H,7-8H2. The minimum Gasteiger partial charge on any atom is -0.429 e. The Hall–Kier alpha value is -0.740. The summed E-state index contributed by atoms with van der Waals surface area (Å²) >= 11 is 5.19. The van der Waals surface area contributed by atoms with Crippen LogP contribution in [0, 0.1) is 9.85 Å². The van der Waals surface area contributed by atoms with Gasteiger partial charge in [0.2, 0.25) is 0 Å². The molecule has 0 saturated heterocycles. The summed E-state index contributed by atoms with van der Waals surface area (Å²) in [6.07, 6.45) is -0.706. The van der Waals surface area contributed by atoms with Crippen molar-refractivity contribution in [3.05, 3.63) is 34.3 Å². The van der Waals surface area contributed by atoms with Gasteiger partial charge in [-0.1, -0.05) is 34.0 Å². The minimum atomic E-state index is -0.706. The lowest BCUT2D eigenvalue weighted by atomic mass is 10.2. The van der Waals surface area contributed by atoms with Gasteiger partial charge >= 0.3 is 6.16 Å². The second-order valence-corrected chi connectivity index (χ2v) is 4.18. The van der Waals surface area contributed by atoms with E-state index in [1.54, 1.807) is 0 Å². The molecular weight excluding hydrogens is 387 g/mol. The lowest BCUT2D eigenvalue weighted by Gasteiger charge is -2.03. The average Bonchev–Trinajstić information content (AvgIpc) is 2.29. The van der Waals surface area contributed by atoms with Gasteiger partial charge in [0.05, 0.1) is 0 Å². The highest BCUT2D eigenvalue weighted by molar-refractivity contribution is 14.1. The Labute approximate surface area is 116 Å². The van der Waals surface area contributed by atoms with Crippen LogP contribution in [0.15, 0.2) is 28.7 Å². The molecular formula is C11H8BrIO3. The van der Waals surface area contributed by atoms with Crippen LogP contribution in [0.25, 0.3) is 0 Å². The predicted octanol–water partition coefficient (Wildman–Crippen LogP) is 3.50. The quantitative estimate of drug-likeness (QED) is 0.447. The maximum Gasteiger partial charge on any atom is 0.509 e. The summed E-state index contributed by atoms with van der Waals surface area (Å²) in [5.74, 6) is 2.59. The van der Waals surface area contributed by atoms with Gasteiger partial charge in [-0.15, -0.1) is 0 Å². The zero-order chi connectivity index (χ0) is 11.8. The topological polar surface area (TPSA) is 35.5 Å². The Morgan fingerprint density at radius 2 is 2.00 bits per heavy atom. The molecule has 0 aromatic heterocycles. The number of hydrogen-bond acceptors (Lipinski definition) is 3. The number of halogens is 2. The molecule has 0 aliphatic heterocycles. The van der Waals surface area contributed by atoms with Crippen LogP contribution in [0.3, 0.4) is 0 Å². The third-order valence-electron chi connectivity index (χ3n) is 1.60. The van der Waals surface area contributed by atoms with Crippen LogP contribution in [-0.4, -0.2) is 12.8 Å².